The molecule has 116 valence electrons. The van der Waals surface area contributed by atoms with E-state index < -0.39 is 0 Å². The van der Waals surface area contributed by atoms with E-state index in [2.05, 4.69) is 15.5 Å². The Balaban J connectivity index is 1.54. The van der Waals surface area contributed by atoms with Crippen molar-refractivity contribution in [2.45, 2.75) is 0 Å². The van der Waals surface area contributed by atoms with Gasteiger partial charge in [-0.15, -0.1) is 10.2 Å². The second-order valence-electron chi connectivity index (χ2n) is 5.35. The van der Waals surface area contributed by atoms with Crippen molar-refractivity contribution < 1.29 is 4.42 Å². The Bertz CT molecular complexity index is 916. The Hall–Kier alpha value is -3.40. The molecule has 3 aromatic carbocycles. The van der Waals surface area contributed by atoms with Gasteiger partial charge in [0.15, 0.2) is 0 Å². The molecule has 0 amide bonds. The first-order chi connectivity index (χ1) is 11.9. The maximum absolute atomic E-state index is 5.77. The predicted molar refractivity (Wildman–Crippen MR) is 94.9 cm³/mol. The molecule has 1 aromatic heterocycles. The molecule has 0 fully saturated rings. The molecular formula is C20H15N3O. The molecule has 0 aliphatic carbocycles. The Morgan fingerprint density at radius 3 is 1.67 bits per heavy atom. The van der Waals surface area contributed by atoms with Crippen LogP contribution in [-0.2, 0) is 0 Å². The van der Waals surface area contributed by atoms with Crippen molar-refractivity contribution in [3.05, 3.63) is 84.9 Å². The number of benzene rings is 3. The Labute approximate surface area is 139 Å². The van der Waals surface area contributed by atoms with Crippen molar-refractivity contribution in [2.24, 2.45) is 0 Å². The molecule has 0 unspecified atom stereocenters. The summed E-state index contributed by atoms with van der Waals surface area (Å²) in [6.07, 6.45) is 0. The van der Waals surface area contributed by atoms with Crippen LogP contribution in [0.2, 0.25) is 0 Å². The summed E-state index contributed by atoms with van der Waals surface area (Å²) in [6.45, 7) is 0. The van der Waals surface area contributed by atoms with Crippen LogP contribution in [0.3, 0.4) is 0 Å². The normalized spacial score (nSPS) is 10.5. The van der Waals surface area contributed by atoms with E-state index in [0.717, 1.165) is 22.5 Å². The minimum Gasteiger partial charge on any atom is -0.416 e. The van der Waals surface area contributed by atoms with E-state index in [1.165, 1.54) is 0 Å². The van der Waals surface area contributed by atoms with Gasteiger partial charge in [-0.2, -0.15) is 0 Å². The van der Waals surface area contributed by atoms with Crippen LogP contribution < -0.4 is 5.32 Å². The van der Waals surface area contributed by atoms with E-state index in [4.69, 9.17) is 4.42 Å². The molecule has 0 radical (unpaired) electrons. The number of rotatable bonds is 4. The summed E-state index contributed by atoms with van der Waals surface area (Å²) in [6, 6.07) is 27.7. The quantitative estimate of drug-likeness (QED) is 0.566. The standard InChI is InChI=1S/C20H15N3O/c1-3-7-15(8-4-1)19-22-23-20(24-19)16-11-13-18(14-12-16)21-17-9-5-2-6-10-17/h1-14,21H. The van der Waals surface area contributed by atoms with Gasteiger partial charge in [-0.05, 0) is 48.5 Å². The van der Waals surface area contributed by atoms with Gasteiger partial charge in [0.2, 0.25) is 11.8 Å². The number of para-hydroxylation sites is 1. The minimum absolute atomic E-state index is 0.514. The zero-order valence-electron chi connectivity index (χ0n) is 12.9. The third kappa shape index (κ3) is 3.03. The second-order valence-corrected chi connectivity index (χ2v) is 5.35. The molecule has 0 atom stereocenters. The molecule has 0 saturated heterocycles. The summed E-state index contributed by atoms with van der Waals surface area (Å²) in [5.74, 6) is 1.04. The van der Waals surface area contributed by atoms with Crippen molar-refractivity contribution in [3.8, 4) is 22.9 Å². The topological polar surface area (TPSA) is 51.0 Å². The highest BCUT2D eigenvalue weighted by atomic mass is 16.4. The Kier molecular flexibility index (Phi) is 3.78. The highest BCUT2D eigenvalue weighted by Crippen LogP contribution is 2.25. The average Bonchev–Trinajstić information content (AvgIpc) is 3.14. The number of hydrogen-bond donors (Lipinski definition) is 1. The van der Waals surface area contributed by atoms with Gasteiger partial charge >= 0.3 is 0 Å². The summed E-state index contributed by atoms with van der Waals surface area (Å²) >= 11 is 0. The first-order valence-corrected chi connectivity index (χ1v) is 7.70. The average molecular weight is 313 g/mol. The first kappa shape index (κ1) is 14.2. The van der Waals surface area contributed by atoms with E-state index in [-0.39, 0.29) is 0 Å². The Morgan fingerprint density at radius 1 is 0.542 bits per heavy atom. The van der Waals surface area contributed by atoms with Gasteiger partial charge in [-0.1, -0.05) is 36.4 Å². The lowest BCUT2D eigenvalue weighted by atomic mass is 10.2. The summed E-state index contributed by atoms with van der Waals surface area (Å²) in [4.78, 5) is 0. The third-order valence-corrected chi connectivity index (χ3v) is 3.64. The van der Waals surface area contributed by atoms with Crippen LogP contribution in [0.5, 0.6) is 0 Å². The number of anilines is 2. The van der Waals surface area contributed by atoms with Crippen LogP contribution in [0.4, 0.5) is 11.4 Å². The number of nitrogens with zero attached hydrogens (tertiary/aromatic N) is 2. The van der Waals surface area contributed by atoms with Crippen LogP contribution in [-0.4, -0.2) is 10.2 Å². The van der Waals surface area contributed by atoms with E-state index in [0.29, 0.717) is 11.8 Å². The zero-order valence-corrected chi connectivity index (χ0v) is 12.9. The fourth-order valence-electron chi connectivity index (χ4n) is 2.42. The van der Waals surface area contributed by atoms with Gasteiger partial charge < -0.3 is 9.73 Å². The summed E-state index contributed by atoms with van der Waals surface area (Å²) < 4.78 is 5.77. The summed E-state index contributed by atoms with van der Waals surface area (Å²) in [7, 11) is 0. The van der Waals surface area contributed by atoms with Gasteiger partial charge in [-0.25, -0.2) is 0 Å². The highest BCUT2D eigenvalue weighted by Gasteiger charge is 2.10. The molecule has 0 bridgehead atoms. The van der Waals surface area contributed by atoms with E-state index in [1.54, 1.807) is 0 Å². The van der Waals surface area contributed by atoms with Gasteiger partial charge in [0.25, 0.3) is 0 Å². The summed E-state index contributed by atoms with van der Waals surface area (Å²) in [5.41, 5.74) is 3.86. The van der Waals surface area contributed by atoms with Crippen LogP contribution in [0.1, 0.15) is 0 Å². The van der Waals surface area contributed by atoms with Crippen molar-refractivity contribution in [3.63, 3.8) is 0 Å². The molecule has 4 rings (SSSR count). The number of hydrogen-bond acceptors (Lipinski definition) is 4. The number of nitrogens with one attached hydrogen (secondary N) is 1. The molecule has 24 heavy (non-hydrogen) atoms. The maximum Gasteiger partial charge on any atom is 0.248 e. The first-order valence-electron chi connectivity index (χ1n) is 7.70. The van der Waals surface area contributed by atoms with E-state index >= 15 is 0 Å². The lowest BCUT2D eigenvalue weighted by Crippen LogP contribution is -1.89. The maximum atomic E-state index is 5.77. The predicted octanol–water partition coefficient (Wildman–Crippen LogP) is 5.15. The molecule has 1 N–H and O–H groups in total. The lowest BCUT2D eigenvalue weighted by molar-refractivity contribution is 0.584. The van der Waals surface area contributed by atoms with Crippen molar-refractivity contribution in [1.29, 1.82) is 0 Å². The number of aromatic nitrogens is 2. The molecule has 4 heteroatoms. The van der Waals surface area contributed by atoms with Crippen LogP contribution >= 0.6 is 0 Å². The molecule has 0 spiro atoms. The molecule has 0 saturated carbocycles. The van der Waals surface area contributed by atoms with Crippen molar-refractivity contribution in [2.75, 3.05) is 5.32 Å². The van der Waals surface area contributed by atoms with E-state index in [9.17, 15) is 0 Å². The van der Waals surface area contributed by atoms with Crippen molar-refractivity contribution >= 4 is 11.4 Å². The minimum atomic E-state index is 0.514. The van der Waals surface area contributed by atoms with Crippen LogP contribution in [0, 0.1) is 0 Å². The molecular weight excluding hydrogens is 298 g/mol. The highest BCUT2D eigenvalue weighted by molar-refractivity contribution is 5.64. The smallest absolute Gasteiger partial charge is 0.248 e. The lowest BCUT2D eigenvalue weighted by Gasteiger charge is -2.06. The van der Waals surface area contributed by atoms with Crippen molar-refractivity contribution in [1.82, 2.24) is 10.2 Å². The van der Waals surface area contributed by atoms with Crippen LogP contribution in [0.25, 0.3) is 22.9 Å². The molecule has 0 aliphatic rings. The largest absolute Gasteiger partial charge is 0.416 e. The second kappa shape index (κ2) is 6.38. The van der Waals surface area contributed by atoms with Gasteiger partial charge in [0, 0.05) is 22.5 Å². The van der Waals surface area contributed by atoms with E-state index in [1.807, 2.05) is 84.9 Å². The summed E-state index contributed by atoms with van der Waals surface area (Å²) in [5, 5.41) is 11.6. The van der Waals surface area contributed by atoms with Gasteiger partial charge in [0.1, 0.15) is 0 Å². The molecule has 0 aliphatic heterocycles. The van der Waals surface area contributed by atoms with Gasteiger partial charge in [-0.3, -0.25) is 0 Å². The SMILES string of the molecule is c1ccc(Nc2ccc(-c3nnc(-c4ccccc4)o3)cc2)cc1. The zero-order chi connectivity index (χ0) is 16.2. The fraction of sp³-hybridized carbons (Fsp3) is 0. The van der Waals surface area contributed by atoms with Crippen LogP contribution in [0.15, 0.2) is 89.3 Å². The Morgan fingerprint density at radius 2 is 1.04 bits per heavy atom. The molecule has 4 aromatic rings. The fourth-order valence-corrected chi connectivity index (χ4v) is 2.42. The molecule has 1 heterocycles. The molecule has 4 nitrogen and oxygen atoms in total. The van der Waals surface area contributed by atoms with Gasteiger partial charge in [0.05, 0.1) is 0 Å². The third-order valence-electron chi connectivity index (χ3n) is 3.64. The monoisotopic (exact) mass is 313 g/mol.